The maximum Gasteiger partial charge on any atom is 0.220 e. The first kappa shape index (κ1) is 15.7. The predicted molar refractivity (Wildman–Crippen MR) is 82.7 cm³/mol. The van der Waals surface area contributed by atoms with Crippen molar-refractivity contribution in [1.82, 2.24) is 5.32 Å². The second-order valence-electron chi connectivity index (χ2n) is 5.51. The second-order valence-corrected chi connectivity index (χ2v) is 5.51. The van der Waals surface area contributed by atoms with Gasteiger partial charge in [0, 0.05) is 12.5 Å². The second kappa shape index (κ2) is 8.55. The topological polar surface area (TPSA) is 47.6 Å². The van der Waals surface area contributed by atoms with E-state index in [4.69, 9.17) is 9.47 Å². The highest BCUT2D eigenvalue weighted by Gasteiger charge is 2.15. The molecule has 21 heavy (non-hydrogen) atoms. The number of rotatable bonds is 7. The van der Waals surface area contributed by atoms with Gasteiger partial charge in [0.25, 0.3) is 0 Å². The van der Waals surface area contributed by atoms with Gasteiger partial charge >= 0.3 is 0 Å². The summed E-state index contributed by atoms with van der Waals surface area (Å²) in [6, 6.07) is 7.95. The number of amides is 1. The predicted octanol–water partition coefficient (Wildman–Crippen LogP) is 3.30. The van der Waals surface area contributed by atoms with Crippen molar-refractivity contribution in [3.63, 3.8) is 0 Å². The lowest BCUT2D eigenvalue weighted by molar-refractivity contribution is -0.122. The maximum atomic E-state index is 11.9. The first-order valence-electron chi connectivity index (χ1n) is 7.85. The van der Waals surface area contributed by atoms with E-state index in [2.05, 4.69) is 5.32 Å². The highest BCUT2D eigenvalue weighted by atomic mass is 16.5. The van der Waals surface area contributed by atoms with Gasteiger partial charge < -0.3 is 14.8 Å². The number of hydrogen-bond acceptors (Lipinski definition) is 3. The van der Waals surface area contributed by atoms with E-state index in [-0.39, 0.29) is 5.91 Å². The van der Waals surface area contributed by atoms with E-state index < -0.39 is 0 Å². The number of carbonyl (C=O) groups is 1. The van der Waals surface area contributed by atoms with E-state index in [1.165, 1.54) is 19.3 Å². The summed E-state index contributed by atoms with van der Waals surface area (Å²) < 4.78 is 10.9. The van der Waals surface area contributed by atoms with Crippen LogP contribution in [0.4, 0.5) is 0 Å². The van der Waals surface area contributed by atoms with E-state index in [0.717, 1.165) is 30.8 Å². The average molecular weight is 291 g/mol. The Labute approximate surface area is 126 Å². The number of hydrogen-bond donors (Lipinski definition) is 1. The SMILES string of the molecule is COc1ccccc1OCCCC(=O)NC1CCCCC1. The molecule has 4 nitrogen and oxygen atoms in total. The Morgan fingerprint density at radius 3 is 2.62 bits per heavy atom. The van der Waals surface area contributed by atoms with Crippen molar-refractivity contribution >= 4 is 5.91 Å². The molecule has 1 aromatic rings. The molecule has 1 fully saturated rings. The fraction of sp³-hybridized carbons (Fsp3) is 0.588. The lowest BCUT2D eigenvalue weighted by Gasteiger charge is -2.22. The molecule has 1 aromatic carbocycles. The van der Waals surface area contributed by atoms with E-state index in [1.54, 1.807) is 7.11 Å². The first-order chi connectivity index (χ1) is 10.3. The Balaban J connectivity index is 1.63. The first-order valence-corrected chi connectivity index (χ1v) is 7.85. The average Bonchev–Trinajstić information content (AvgIpc) is 2.53. The third kappa shape index (κ3) is 5.29. The van der Waals surface area contributed by atoms with Crippen LogP contribution in [0, 0.1) is 0 Å². The van der Waals surface area contributed by atoms with Crippen molar-refractivity contribution in [3.05, 3.63) is 24.3 Å². The van der Waals surface area contributed by atoms with Crippen molar-refractivity contribution in [2.75, 3.05) is 13.7 Å². The summed E-state index contributed by atoms with van der Waals surface area (Å²) in [5.74, 6) is 1.60. The van der Waals surface area contributed by atoms with Crippen LogP contribution in [0.2, 0.25) is 0 Å². The third-order valence-electron chi connectivity index (χ3n) is 3.85. The molecule has 0 bridgehead atoms. The zero-order valence-electron chi connectivity index (χ0n) is 12.8. The normalized spacial score (nSPS) is 15.5. The Hall–Kier alpha value is -1.71. The molecule has 116 valence electrons. The Bertz CT molecular complexity index is 441. The molecule has 0 aliphatic heterocycles. The summed E-state index contributed by atoms with van der Waals surface area (Å²) >= 11 is 0. The van der Waals surface area contributed by atoms with E-state index >= 15 is 0 Å². The Kier molecular flexibility index (Phi) is 6.38. The van der Waals surface area contributed by atoms with Crippen molar-refractivity contribution in [2.45, 2.75) is 51.0 Å². The summed E-state index contributed by atoms with van der Waals surface area (Å²) in [7, 11) is 1.62. The van der Waals surface area contributed by atoms with Gasteiger partial charge in [0.1, 0.15) is 0 Å². The fourth-order valence-electron chi connectivity index (χ4n) is 2.70. The summed E-state index contributed by atoms with van der Waals surface area (Å²) in [6.07, 6.45) is 7.28. The molecule has 2 rings (SSSR count). The van der Waals surface area contributed by atoms with Gasteiger partial charge in [0.2, 0.25) is 5.91 Å². The molecule has 0 atom stereocenters. The minimum atomic E-state index is 0.144. The van der Waals surface area contributed by atoms with E-state index in [1.807, 2.05) is 24.3 Å². The van der Waals surface area contributed by atoms with Crippen LogP contribution in [-0.2, 0) is 4.79 Å². The van der Waals surface area contributed by atoms with Crippen molar-refractivity contribution in [2.24, 2.45) is 0 Å². The van der Waals surface area contributed by atoms with Crippen molar-refractivity contribution in [3.8, 4) is 11.5 Å². The van der Waals surface area contributed by atoms with Crippen molar-refractivity contribution < 1.29 is 14.3 Å². The van der Waals surface area contributed by atoms with Gasteiger partial charge in [-0.1, -0.05) is 31.4 Å². The van der Waals surface area contributed by atoms with Gasteiger partial charge in [-0.05, 0) is 31.4 Å². The quantitative estimate of drug-likeness (QED) is 0.784. The van der Waals surface area contributed by atoms with Gasteiger partial charge in [0.05, 0.1) is 13.7 Å². The summed E-state index contributed by atoms with van der Waals surface area (Å²) in [5.41, 5.74) is 0. The zero-order chi connectivity index (χ0) is 14.9. The van der Waals surface area contributed by atoms with Crippen LogP contribution in [0.5, 0.6) is 11.5 Å². The standard InChI is InChI=1S/C17H25NO3/c1-20-15-10-5-6-11-16(15)21-13-7-12-17(19)18-14-8-3-2-4-9-14/h5-6,10-11,14H,2-4,7-9,12-13H2,1H3,(H,18,19). The molecule has 0 aromatic heterocycles. The highest BCUT2D eigenvalue weighted by Crippen LogP contribution is 2.25. The molecule has 1 N–H and O–H groups in total. The number of benzene rings is 1. The Morgan fingerprint density at radius 1 is 1.19 bits per heavy atom. The fourth-order valence-corrected chi connectivity index (χ4v) is 2.70. The van der Waals surface area contributed by atoms with Gasteiger partial charge in [-0.2, -0.15) is 0 Å². The largest absolute Gasteiger partial charge is 0.493 e. The molecule has 1 saturated carbocycles. The molecule has 0 saturated heterocycles. The number of carbonyl (C=O) groups excluding carboxylic acids is 1. The summed E-state index contributed by atoms with van der Waals surface area (Å²) in [4.78, 5) is 11.9. The van der Waals surface area contributed by atoms with E-state index in [0.29, 0.717) is 19.1 Å². The van der Waals surface area contributed by atoms with Gasteiger partial charge in [0.15, 0.2) is 11.5 Å². The van der Waals surface area contributed by atoms with E-state index in [9.17, 15) is 4.79 Å². The number of para-hydroxylation sites is 2. The number of nitrogens with one attached hydrogen (secondary N) is 1. The molecular weight excluding hydrogens is 266 g/mol. The molecule has 0 spiro atoms. The smallest absolute Gasteiger partial charge is 0.220 e. The molecule has 0 unspecified atom stereocenters. The van der Waals surface area contributed by atoms with Crippen LogP contribution in [-0.4, -0.2) is 25.7 Å². The Morgan fingerprint density at radius 2 is 1.90 bits per heavy atom. The third-order valence-corrected chi connectivity index (χ3v) is 3.85. The lowest BCUT2D eigenvalue weighted by atomic mass is 9.95. The maximum absolute atomic E-state index is 11.9. The van der Waals surface area contributed by atoms with Crippen LogP contribution in [0.3, 0.4) is 0 Å². The summed E-state index contributed by atoms with van der Waals surface area (Å²) in [5, 5.41) is 3.12. The van der Waals surface area contributed by atoms with Crippen LogP contribution >= 0.6 is 0 Å². The van der Waals surface area contributed by atoms with Crippen LogP contribution in [0.25, 0.3) is 0 Å². The van der Waals surface area contributed by atoms with Gasteiger partial charge in [-0.25, -0.2) is 0 Å². The minimum absolute atomic E-state index is 0.144. The van der Waals surface area contributed by atoms with Crippen LogP contribution < -0.4 is 14.8 Å². The molecule has 0 heterocycles. The monoisotopic (exact) mass is 291 g/mol. The van der Waals surface area contributed by atoms with Crippen LogP contribution in [0.1, 0.15) is 44.9 Å². The molecule has 1 aliphatic rings. The summed E-state index contributed by atoms with van der Waals surface area (Å²) in [6.45, 7) is 0.526. The zero-order valence-corrected chi connectivity index (χ0v) is 12.8. The molecule has 1 amide bonds. The van der Waals surface area contributed by atoms with Gasteiger partial charge in [-0.15, -0.1) is 0 Å². The molecule has 4 heteroatoms. The van der Waals surface area contributed by atoms with Gasteiger partial charge in [-0.3, -0.25) is 4.79 Å². The van der Waals surface area contributed by atoms with Crippen molar-refractivity contribution in [1.29, 1.82) is 0 Å². The minimum Gasteiger partial charge on any atom is -0.493 e. The number of ether oxygens (including phenoxy) is 2. The molecule has 1 aliphatic carbocycles. The number of methoxy groups -OCH3 is 1. The lowest BCUT2D eigenvalue weighted by Crippen LogP contribution is -2.36. The molecule has 0 radical (unpaired) electrons. The highest BCUT2D eigenvalue weighted by molar-refractivity contribution is 5.76. The van der Waals surface area contributed by atoms with Crippen LogP contribution in [0.15, 0.2) is 24.3 Å². The molecular formula is C17H25NO3.